The van der Waals surface area contributed by atoms with Crippen LogP contribution in [0.4, 0.5) is 0 Å². The summed E-state index contributed by atoms with van der Waals surface area (Å²) in [4.78, 5) is 0. The maximum Gasteiger partial charge on any atom is -0.0332 e. The van der Waals surface area contributed by atoms with Crippen molar-refractivity contribution in [1.82, 2.24) is 0 Å². The molecular weight excluding hydrogens is 228 g/mol. The summed E-state index contributed by atoms with van der Waals surface area (Å²) in [6.07, 6.45) is 0. The molecule has 0 spiro atoms. The van der Waals surface area contributed by atoms with Crippen molar-refractivity contribution in [2.24, 2.45) is 46.8 Å². The molecule has 0 aromatic heterocycles. The molecule has 0 bridgehead atoms. The molecule has 0 aliphatic rings. The van der Waals surface area contributed by atoms with E-state index in [2.05, 4.69) is 76.2 Å². The van der Waals surface area contributed by atoms with Gasteiger partial charge in [0, 0.05) is 0 Å². The van der Waals surface area contributed by atoms with Gasteiger partial charge >= 0.3 is 0 Å². The minimum absolute atomic E-state index is 0.407. The monoisotopic (exact) mass is 268 g/mol. The van der Waals surface area contributed by atoms with E-state index in [0.29, 0.717) is 5.41 Å². The van der Waals surface area contributed by atoms with Crippen LogP contribution in [0.5, 0.6) is 0 Å². The van der Waals surface area contributed by atoms with E-state index >= 15 is 0 Å². The van der Waals surface area contributed by atoms with Gasteiger partial charge in [0.25, 0.3) is 0 Å². The molecule has 0 saturated carbocycles. The van der Waals surface area contributed by atoms with E-state index in [-0.39, 0.29) is 0 Å². The highest BCUT2D eigenvalue weighted by molar-refractivity contribution is 4.85. The van der Waals surface area contributed by atoms with Crippen molar-refractivity contribution in [3.63, 3.8) is 0 Å². The van der Waals surface area contributed by atoms with Gasteiger partial charge in [-0.05, 0) is 46.8 Å². The molecule has 0 aromatic rings. The Balaban J connectivity index is 5.10. The van der Waals surface area contributed by atoms with E-state index in [9.17, 15) is 0 Å². The standard InChI is InChI=1S/C19H40/c1-12(2)14(5)15(6)16(7)18(13(3)4)17(8)19(9,10)11/h12-18H,1-11H3. The van der Waals surface area contributed by atoms with Crippen molar-refractivity contribution in [2.45, 2.75) is 76.2 Å². The first-order chi connectivity index (χ1) is 8.41. The first kappa shape index (κ1) is 19.0. The van der Waals surface area contributed by atoms with Crippen molar-refractivity contribution >= 4 is 0 Å². The van der Waals surface area contributed by atoms with Gasteiger partial charge in [0.15, 0.2) is 0 Å². The lowest BCUT2D eigenvalue weighted by molar-refractivity contribution is 0.0486. The molecule has 0 amide bonds. The third-order valence-electron chi connectivity index (χ3n) is 6.03. The summed E-state index contributed by atoms with van der Waals surface area (Å²) >= 11 is 0. The Morgan fingerprint density at radius 2 is 0.947 bits per heavy atom. The minimum Gasteiger partial charge on any atom is -0.0625 e. The smallest absolute Gasteiger partial charge is 0.0332 e. The highest BCUT2D eigenvalue weighted by Gasteiger charge is 2.37. The van der Waals surface area contributed by atoms with E-state index in [1.54, 1.807) is 0 Å². The van der Waals surface area contributed by atoms with Gasteiger partial charge in [0.1, 0.15) is 0 Å². The third-order valence-corrected chi connectivity index (χ3v) is 6.03. The molecule has 0 aliphatic carbocycles. The van der Waals surface area contributed by atoms with Crippen LogP contribution in [0.3, 0.4) is 0 Å². The maximum absolute atomic E-state index is 2.50. The van der Waals surface area contributed by atoms with Crippen molar-refractivity contribution < 1.29 is 0 Å². The molecule has 0 saturated heterocycles. The van der Waals surface area contributed by atoms with Gasteiger partial charge in [0.2, 0.25) is 0 Å². The van der Waals surface area contributed by atoms with Crippen molar-refractivity contribution in [3.8, 4) is 0 Å². The topological polar surface area (TPSA) is 0 Å². The fraction of sp³-hybridized carbons (Fsp3) is 1.00. The van der Waals surface area contributed by atoms with Gasteiger partial charge in [-0.25, -0.2) is 0 Å². The van der Waals surface area contributed by atoms with Gasteiger partial charge in [-0.2, -0.15) is 0 Å². The SMILES string of the molecule is CC(C)C(C)C(C)C(C)C(C(C)C)C(C)C(C)(C)C. The zero-order valence-corrected chi connectivity index (χ0v) is 15.5. The Bertz CT molecular complexity index is 243. The van der Waals surface area contributed by atoms with Gasteiger partial charge in [0.05, 0.1) is 0 Å². The predicted octanol–water partition coefficient (Wildman–Crippen LogP) is 6.51. The highest BCUT2D eigenvalue weighted by Crippen LogP contribution is 2.43. The Morgan fingerprint density at radius 3 is 1.21 bits per heavy atom. The second kappa shape index (κ2) is 7.14. The van der Waals surface area contributed by atoms with Crippen LogP contribution in [0.25, 0.3) is 0 Å². The van der Waals surface area contributed by atoms with Crippen LogP contribution in [0.2, 0.25) is 0 Å². The lowest BCUT2D eigenvalue weighted by Crippen LogP contribution is -2.37. The first-order valence-electron chi connectivity index (χ1n) is 8.41. The second-order valence-electron chi connectivity index (χ2n) is 8.80. The van der Waals surface area contributed by atoms with Gasteiger partial charge in [-0.15, -0.1) is 0 Å². The molecule has 0 heterocycles. The molecule has 0 aliphatic heterocycles. The molecule has 0 aromatic carbocycles. The zero-order chi connectivity index (χ0) is 15.5. The Morgan fingerprint density at radius 1 is 0.526 bits per heavy atom. The Hall–Kier alpha value is 0. The summed E-state index contributed by atoms with van der Waals surface area (Å²) in [5.74, 6) is 5.55. The summed E-state index contributed by atoms with van der Waals surface area (Å²) in [6, 6.07) is 0. The van der Waals surface area contributed by atoms with E-state index in [0.717, 1.165) is 41.4 Å². The summed E-state index contributed by atoms with van der Waals surface area (Å²) in [6.45, 7) is 26.6. The first-order valence-corrected chi connectivity index (χ1v) is 8.41. The van der Waals surface area contributed by atoms with Crippen LogP contribution in [0, 0.1) is 46.8 Å². The van der Waals surface area contributed by atoms with Gasteiger partial charge < -0.3 is 0 Å². The maximum atomic E-state index is 2.50. The molecule has 116 valence electrons. The van der Waals surface area contributed by atoms with Crippen molar-refractivity contribution in [3.05, 3.63) is 0 Å². The van der Waals surface area contributed by atoms with Crippen LogP contribution >= 0.6 is 0 Å². The quantitative estimate of drug-likeness (QED) is 0.515. The van der Waals surface area contributed by atoms with Crippen LogP contribution < -0.4 is 0 Å². The lowest BCUT2D eigenvalue weighted by atomic mass is 9.62. The van der Waals surface area contributed by atoms with Crippen LogP contribution in [-0.4, -0.2) is 0 Å². The van der Waals surface area contributed by atoms with Crippen LogP contribution in [0.15, 0.2) is 0 Å². The molecule has 0 radical (unpaired) electrons. The van der Waals surface area contributed by atoms with Crippen LogP contribution in [0.1, 0.15) is 76.2 Å². The zero-order valence-electron chi connectivity index (χ0n) is 15.5. The van der Waals surface area contributed by atoms with E-state index < -0.39 is 0 Å². The van der Waals surface area contributed by atoms with E-state index in [1.807, 2.05) is 0 Å². The summed E-state index contributed by atoms with van der Waals surface area (Å²) in [7, 11) is 0. The number of rotatable bonds is 6. The summed E-state index contributed by atoms with van der Waals surface area (Å²) in [5, 5.41) is 0. The minimum atomic E-state index is 0.407. The largest absolute Gasteiger partial charge is 0.0625 e. The Labute approximate surface area is 123 Å². The molecule has 19 heavy (non-hydrogen) atoms. The molecule has 0 fully saturated rings. The Kier molecular flexibility index (Phi) is 7.14. The lowest BCUT2D eigenvalue weighted by Gasteiger charge is -2.44. The average molecular weight is 269 g/mol. The molecule has 0 heteroatoms. The fourth-order valence-electron chi connectivity index (χ4n) is 3.65. The summed E-state index contributed by atoms with van der Waals surface area (Å²) in [5.41, 5.74) is 0.407. The molecule has 5 atom stereocenters. The second-order valence-corrected chi connectivity index (χ2v) is 8.80. The molecule has 0 nitrogen and oxygen atoms in total. The molecular formula is C19H40. The van der Waals surface area contributed by atoms with Crippen molar-refractivity contribution in [2.75, 3.05) is 0 Å². The summed E-state index contributed by atoms with van der Waals surface area (Å²) < 4.78 is 0. The van der Waals surface area contributed by atoms with E-state index in [1.165, 1.54) is 0 Å². The van der Waals surface area contributed by atoms with E-state index in [4.69, 9.17) is 0 Å². The normalized spacial score (nSPS) is 21.3. The molecule has 0 rings (SSSR count). The van der Waals surface area contributed by atoms with Gasteiger partial charge in [-0.1, -0.05) is 76.2 Å². The average Bonchev–Trinajstić information content (AvgIpc) is 2.24. The molecule has 5 unspecified atom stereocenters. The fourth-order valence-corrected chi connectivity index (χ4v) is 3.65. The van der Waals surface area contributed by atoms with Crippen LogP contribution in [-0.2, 0) is 0 Å². The molecule has 0 N–H and O–H groups in total. The number of hydrogen-bond acceptors (Lipinski definition) is 0. The highest BCUT2D eigenvalue weighted by atomic mass is 14.4. The van der Waals surface area contributed by atoms with Gasteiger partial charge in [-0.3, -0.25) is 0 Å². The van der Waals surface area contributed by atoms with Crippen molar-refractivity contribution in [1.29, 1.82) is 0 Å². The predicted molar refractivity (Wildman–Crippen MR) is 89.3 cm³/mol. The third kappa shape index (κ3) is 5.12. The number of hydrogen-bond donors (Lipinski definition) is 0.